The smallest absolute Gasteiger partial charge is 0.329 e. The Hall–Kier alpha value is -3.93. The van der Waals surface area contributed by atoms with Gasteiger partial charge in [0.2, 0.25) is 0 Å². The average molecular weight is 425 g/mol. The minimum atomic E-state index is -0.702. The van der Waals surface area contributed by atoms with Crippen LogP contribution < -0.4 is 0 Å². The van der Waals surface area contributed by atoms with Crippen LogP contribution in [-0.2, 0) is 29.0 Å². The summed E-state index contributed by atoms with van der Waals surface area (Å²) in [6.07, 6.45) is 2.12. The van der Waals surface area contributed by atoms with E-state index in [2.05, 4.69) is 21.7 Å². The molecule has 1 atom stereocenters. The maximum atomic E-state index is 13.6. The van der Waals surface area contributed by atoms with Crippen LogP contribution >= 0.6 is 0 Å². The zero-order valence-electron chi connectivity index (χ0n) is 17.8. The predicted molar refractivity (Wildman–Crippen MR) is 121 cm³/mol. The van der Waals surface area contributed by atoms with Crippen LogP contribution in [0.4, 0.5) is 0 Å². The van der Waals surface area contributed by atoms with Gasteiger partial charge in [0.25, 0.3) is 5.91 Å². The van der Waals surface area contributed by atoms with Gasteiger partial charge < -0.3 is 14.2 Å². The number of fused-ring (bicyclic) bond motifs is 2. The third-order valence-electron chi connectivity index (χ3n) is 6.04. The largest absolute Gasteiger partial charge is 0.467 e. The molecular formula is C26H23N3O3. The summed E-state index contributed by atoms with van der Waals surface area (Å²) >= 11 is 0. The van der Waals surface area contributed by atoms with Crippen molar-refractivity contribution < 1.29 is 14.3 Å². The van der Waals surface area contributed by atoms with E-state index < -0.39 is 12.0 Å². The second kappa shape index (κ2) is 8.30. The van der Waals surface area contributed by atoms with Crippen LogP contribution in [0.5, 0.6) is 0 Å². The Bertz CT molecular complexity index is 1300. The van der Waals surface area contributed by atoms with Gasteiger partial charge in [0.05, 0.1) is 31.4 Å². The van der Waals surface area contributed by atoms with Gasteiger partial charge in [-0.3, -0.25) is 4.79 Å². The number of rotatable bonds is 4. The summed E-state index contributed by atoms with van der Waals surface area (Å²) in [6, 6.07) is 22.9. The normalized spacial score (nSPS) is 15.4. The zero-order chi connectivity index (χ0) is 22.1. The molecule has 160 valence electrons. The van der Waals surface area contributed by atoms with E-state index in [1.807, 2.05) is 60.7 Å². The fourth-order valence-corrected chi connectivity index (χ4v) is 4.33. The van der Waals surface area contributed by atoms with Crippen molar-refractivity contribution >= 4 is 22.6 Å². The molecule has 0 unspecified atom stereocenters. The van der Waals surface area contributed by atoms with Gasteiger partial charge in [0.1, 0.15) is 6.04 Å². The molecule has 0 N–H and O–H groups in total. The number of aromatic nitrogens is 2. The molecule has 0 radical (unpaired) electrons. The van der Waals surface area contributed by atoms with Crippen molar-refractivity contribution in [3.8, 4) is 0 Å². The number of methoxy groups -OCH3 is 1. The number of imidazole rings is 1. The minimum Gasteiger partial charge on any atom is -0.467 e. The van der Waals surface area contributed by atoms with E-state index in [1.165, 1.54) is 7.11 Å². The molecule has 32 heavy (non-hydrogen) atoms. The summed E-state index contributed by atoms with van der Waals surface area (Å²) in [5.41, 5.74) is 3.48. The lowest BCUT2D eigenvalue weighted by Gasteiger charge is -2.34. The molecule has 6 nitrogen and oxygen atoms in total. The molecule has 4 aromatic rings. The van der Waals surface area contributed by atoms with Crippen molar-refractivity contribution in [1.29, 1.82) is 0 Å². The van der Waals surface area contributed by atoms with E-state index in [1.54, 1.807) is 11.2 Å². The van der Waals surface area contributed by atoms with E-state index in [9.17, 15) is 9.59 Å². The van der Waals surface area contributed by atoms with E-state index in [0.717, 1.165) is 27.7 Å². The molecule has 1 aliphatic rings. The third-order valence-corrected chi connectivity index (χ3v) is 6.04. The first-order valence-corrected chi connectivity index (χ1v) is 10.6. The first-order valence-electron chi connectivity index (χ1n) is 10.6. The molecule has 1 amide bonds. The standard InChI is InChI=1S/C26H23N3O3/c1-32-26(31)23-14-22-24(28(17-27-22)15-18-7-3-2-4-8-18)16-29(23)25(30)21-12-11-19-9-5-6-10-20(19)13-21/h2-13,17,23H,14-16H2,1H3/t23-/m1/s1. The Morgan fingerprint density at radius 2 is 1.75 bits per heavy atom. The van der Waals surface area contributed by atoms with Crippen molar-refractivity contribution in [3.05, 3.63) is 102 Å². The van der Waals surface area contributed by atoms with Crippen molar-refractivity contribution in [1.82, 2.24) is 14.5 Å². The van der Waals surface area contributed by atoms with Gasteiger partial charge in [0, 0.05) is 18.5 Å². The van der Waals surface area contributed by atoms with Crippen molar-refractivity contribution in [2.24, 2.45) is 0 Å². The van der Waals surface area contributed by atoms with Crippen LogP contribution in [0.25, 0.3) is 10.8 Å². The maximum Gasteiger partial charge on any atom is 0.329 e. The van der Waals surface area contributed by atoms with Crippen molar-refractivity contribution in [2.45, 2.75) is 25.6 Å². The first-order chi connectivity index (χ1) is 15.6. The summed E-state index contributed by atoms with van der Waals surface area (Å²) in [7, 11) is 1.35. The average Bonchev–Trinajstić information content (AvgIpc) is 3.24. The van der Waals surface area contributed by atoms with E-state index in [0.29, 0.717) is 25.1 Å². The number of hydrogen-bond donors (Lipinski definition) is 0. The number of benzene rings is 3. The Morgan fingerprint density at radius 3 is 2.53 bits per heavy atom. The number of carbonyl (C=O) groups excluding carboxylic acids is 2. The van der Waals surface area contributed by atoms with Crippen LogP contribution in [0, 0.1) is 0 Å². The summed E-state index contributed by atoms with van der Waals surface area (Å²) in [5.74, 6) is -0.619. The second-order valence-electron chi connectivity index (χ2n) is 7.99. The number of nitrogens with zero attached hydrogens (tertiary/aromatic N) is 3. The van der Waals surface area contributed by atoms with Crippen molar-refractivity contribution in [2.75, 3.05) is 7.11 Å². The van der Waals surface area contributed by atoms with Crippen LogP contribution in [0.1, 0.15) is 27.3 Å². The molecule has 5 rings (SSSR count). The van der Waals surface area contributed by atoms with Gasteiger partial charge in [-0.15, -0.1) is 0 Å². The Morgan fingerprint density at radius 1 is 1.00 bits per heavy atom. The van der Waals surface area contributed by atoms with Gasteiger partial charge in [0.15, 0.2) is 0 Å². The SMILES string of the molecule is COC(=O)[C@H]1Cc2ncn(Cc3ccccc3)c2CN1C(=O)c1ccc2ccccc2c1. The number of hydrogen-bond acceptors (Lipinski definition) is 4. The highest BCUT2D eigenvalue weighted by Crippen LogP contribution is 2.27. The molecule has 0 saturated heterocycles. The van der Waals surface area contributed by atoms with Gasteiger partial charge >= 0.3 is 5.97 Å². The van der Waals surface area contributed by atoms with E-state index >= 15 is 0 Å². The molecule has 0 saturated carbocycles. The fourth-order valence-electron chi connectivity index (χ4n) is 4.33. The van der Waals surface area contributed by atoms with Gasteiger partial charge in [-0.25, -0.2) is 9.78 Å². The van der Waals surface area contributed by atoms with Crippen LogP contribution in [0.15, 0.2) is 79.1 Å². The number of ether oxygens (including phenoxy) is 1. The number of amides is 1. The highest BCUT2D eigenvalue weighted by atomic mass is 16.5. The molecule has 0 spiro atoms. The summed E-state index contributed by atoms with van der Waals surface area (Å²) in [6.45, 7) is 0.956. The van der Waals surface area contributed by atoms with Crippen LogP contribution in [-0.4, -0.2) is 39.5 Å². The molecular weight excluding hydrogens is 402 g/mol. The van der Waals surface area contributed by atoms with E-state index in [4.69, 9.17) is 4.74 Å². The molecule has 0 aliphatic carbocycles. The summed E-state index contributed by atoms with van der Waals surface area (Å²) in [4.78, 5) is 32.3. The van der Waals surface area contributed by atoms with Crippen molar-refractivity contribution in [3.63, 3.8) is 0 Å². The Labute approximate surface area is 186 Å². The highest BCUT2D eigenvalue weighted by molar-refractivity contribution is 6.00. The van der Waals surface area contributed by atoms with Gasteiger partial charge in [-0.2, -0.15) is 0 Å². The lowest BCUT2D eigenvalue weighted by molar-refractivity contribution is -0.146. The predicted octanol–water partition coefficient (Wildman–Crippen LogP) is 3.82. The molecule has 2 heterocycles. The highest BCUT2D eigenvalue weighted by Gasteiger charge is 2.38. The maximum absolute atomic E-state index is 13.6. The molecule has 0 bridgehead atoms. The van der Waals surface area contributed by atoms with Crippen LogP contribution in [0.3, 0.4) is 0 Å². The van der Waals surface area contributed by atoms with Gasteiger partial charge in [-0.1, -0.05) is 60.7 Å². The molecule has 1 aliphatic heterocycles. The van der Waals surface area contributed by atoms with E-state index in [-0.39, 0.29) is 5.91 Å². The Balaban J connectivity index is 1.49. The minimum absolute atomic E-state index is 0.190. The summed E-state index contributed by atoms with van der Waals surface area (Å²) in [5, 5.41) is 2.05. The fraction of sp³-hybridized carbons (Fsp3) is 0.192. The summed E-state index contributed by atoms with van der Waals surface area (Å²) < 4.78 is 7.08. The molecule has 0 fully saturated rings. The molecule has 1 aromatic heterocycles. The lowest BCUT2D eigenvalue weighted by atomic mass is 10.00. The quantitative estimate of drug-likeness (QED) is 0.466. The second-order valence-corrected chi connectivity index (χ2v) is 7.99. The van der Waals surface area contributed by atoms with Gasteiger partial charge in [-0.05, 0) is 28.5 Å². The number of esters is 1. The monoisotopic (exact) mass is 425 g/mol. The number of carbonyl (C=O) groups is 2. The third kappa shape index (κ3) is 3.64. The Kier molecular flexibility index (Phi) is 5.19. The lowest BCUT2D eigenvalue weighted by Crippen LogP contribution is -2.49. The molecule has 6 heteroatoms. The molecule has 3 aromatic carbocycles. The topological polar surface area (TPSA) is 64.4 Å². The first kappa shape index (κ1) is 20.0. The van der Waals surface area contributed by atoms with Crippen LogP contribution in [0.2, 0.25) is 0 Å². The zero-order valence-corrected chi connectivity index (χ0v) is 17.8.